The SMILES string of the molecule is COc1cc2c3c(-c4cn(-c5ccccc5)cn4)nc(C)nc3n(-c3ccccc3)c2cc1-c1c(C)noc1C. The molecule has 0 aliphatic rings. The molecule has 196 valence electrons. The first kappa shape index (κ1) is 23.8. The minimum absolute atomic E-state index is 0.662. The third kappa shape index (κ3) is 3.68. The van der Waals surface area contributed by atoms with Gasteiger partial charge >= 0.3 is 0 Å². The Morgan fingerprint density at radius 1 is 0.850 bits per heavy atom. The Balaban J connectivity index is 1.58. The van der Waals surface area contributed by atoms with Crippen LogP contribution in [0.15, 0.2) is 89.8 Å². The van der Waals surface area contributed by atoms with E-state index in [1.54, 1.807) is 7.11 Å². The molecule has 7 aromatic rings. The molecule has 0 unspecified atom stereocenters. The van der Waals surface area contributed by atoms with Crippen molar-refractivity contribution in [3.05, 3.63) is 103 Å². The Morgan fingerprint density at radius 2 is 1.57 bits per heavy atom. The van der Waals surface area contributed by atoms with Gasteiger partial charge in [-0.1, -0.05) is 41.6 Å². The summed E-state index contributed by atoms with van der Waals surface area (Å²) in [6.07, 6.45) is 3.83. The number of hydrogen-bond donors (Lipinski definition) is 0. The molecule has 4 heterocycles. The Labute approximate surface area is 230 Å². The summed E-state index contributed by atoms with van der Waals surface area (Å²) in [5.41, 5.74) is 7.97. The first-order chi connectivity index (χ1) is 19.5. The number of rotatable bonds is 5. The van der Waals surface area contributed by atoms with Crippen LogP contribution >= 0.6 is 0 Å². The number of fused-ring (bicyclic) bond motifs is 3. The van der Waals surface area contributed by atoms with E-state index >= 15 is 0 Å². The van der Waals surface area contributed by atoms with Gasteiger partial charge in [-0.3, -0.25) is 4.57 Å². The molecule has 4 aromatic heterocycles. The molecule has 40 heavy (non-hydrogen) atoms. The van der Waals surface area contributed by atoms with E-state index < -0.39 is 0 Å². The van der Waals surface area contributed by atoms with Crippen molar-refractivity contribution < 1.29 is 9.26 Å². The molecule has 0 saturated heterocycles. The van der Waals surface area contributed by atoms with E-state index in [0.29, 0.717) is 5.82 Å². The summed E-state index contributed by atoms with van der Waals surface area (Å²) in [7, 11) is 1.68. The summed E-state index contributed by atoms with van der Waals surface area (Å²) >= 11 is 0. The number of benzene rings is 3. The normalized spacial score (nSPS) is 11.5. The van der Waals surface area contributed by atoms with Crippen LogP contribution in [0.2, 0.25) is 0 Å². The predicted octanol–water partition coefficient (Wildman–Crippen LogP) is 7.02. The second-order valence-electron chi connectivity index (χ2n) is 9.76. The molecule has 0 aliphatic carbocycles. The number of aryl methyl sites for hydroxylation is 3. The first-order valence-corrected chi connectivity index (χ1v) is 13.0. The van der Waals surface area contributed by atoms with E-state index in [9.17, 15) is 0 Å². The predicted molar refractivity (Wildman–Crippen MR) is 155 cm³/mol. The average Bonchev–Trinajstić information content (AvgIpc) is 3.68. The van der Waals surface area contributed by atoms with Crippen molar-refractivity contribution in [2.24, 2.45) is 0 Å². The summed E-state index contributed by atoms with van der Waals surface area (Å²) < 4.78 is 15.6. The van der Waals surface area contributed by atoms with E-state index in [-0.39, 0.29) is 0 Å². The standard InChI is InChI=1S/C32H26N6O2/c1-19-29(20(2)40-36-19)25-15-27-24(16-28(25)39-4)30-31(26-17-37(18-33-26)22-11-7-5-8-12-22)34-21(3)35-32(30)38(27)23-13-9-6-10-14-23/h5-18H,1-4H3. The topological polar surface area (TPSA) is 83.8 Å². The van der Waals surface area contributed by atoms with E-state index in [4.69, 9.17) is 24.2 Å². The van der Waals surface area contributed by atoms with Gasteiger partial charge in [-0.05, 0) is 57.2 Å². The highest BCUT2D eigenvalue weighted by Gasteiger charge is 2.24. The zero-order chi connectivity index (χ0) is 27.4. The van der Waals surface area contributed by atoms with Crippen molar-refractivity contribution in [1.82, 2.24) is 29.2 Å². The fourth-order valence-electron chi connectivity index (χ4n) is 5.48. The van der Waals surface area contributed by atoms with Gasteiger partial charge in [0.15, 0.2) is 0 Å². The molecule has 0 spiro atoms. The molecule has 0 amide bonds. The molecule has 8 heteroatoms. The van der Waals surface area contributed by atoms with Crippen LogP contribution in [0, 0.1) is 20.8 Å². The molecule has 0 radical (unpaired) electrons. The second-order valence-corrected chi connectivity index (χ2v) is 9.76. The van der Waals surface area contributed by atoms with Gasteiger partial charge in [0.1, 0.15) is 34.4 Å². The van der Waals surface area contributed by atoms with E-state index in [1.807, 2.05) is 74.3 Å². The molecule has 0 aliphatic heterocycles. The van der Waals surface area contributed by atoms with Crippen LogP contribution in [-0.2, 0) is 0 Å². The smallest absolute Gasteiger partial charge is 0.150 e. The summed E-state index contributed by atoms with van der Waals surface area (Å²) in [5.74, 6) is 2.12. The maximum atomic E-state index is 5.94. The van der Waals surface area contributed by atoms with Crippen LogP contribution in [0.25, 0.3) is 55.8 Å². The number of ether oxygens (including phenoxy) is 1. The summed E-state index contributed by atoms with van der Waals surface area (Å²) in [6, 6.07) is 24.6. The van der Waals surface area contributed by atoms with Gasteiger partial charge in [0.25, 0.3) is 0 Å². The van der Waals surface area contributed by atoms with Gasteiger partial charge in [0, 0.05) is 28.5 Å². The summed E-state index contributed by atoms with van der Waals surface area (Å²) in [6.45, 7) is 5.78. The van der Waals surface area contributed by atoms with Gasteiger partial charge in [-0.2, -0.15) is 0 Å². The van der Waals surface area contributed by atoms with Crippen molar-refractivity contribution >= 4 is 21.9 Å². The van der Waals surface area contributed by atoms with E-state index in [2.05, 4.69) is 46.1 Å². The molecule has 8 nitrogen and oxygen atoms in total. The molecule has 0 bridgehead atoms. The third-order valence-corrected chi connectivity index (χ3v) is 7.24. The van der Waals surface area contributed by atoms with Crippen LogP contribution in [0.3, 0.4) is 0 Å². The molecular weight excluding hydrogens is 500 g/mol. The summed E-state index contributed by atoms with van der Waals surface area (Å²) in [5, 5.41) is 6.07. The highest BCUT2D eigenvalue weighted by atomic mass is 16.5. The monoisotopic (exact) mass is 526 g/mol. The number of para-hydroxylation sites is 2. The fraction of sp³-hybridized carbons (Fsp3) is 0.125. The van der Waals surface area contributed by atoms with Crippen molar-refractivity contribution in [1.29, 1.82) is 0 Å². The summed E-state index contributed by atoms with van der Waals surface area (Å²) in [4.78, 5) is 14.7. The Bertz CT molecular complexity index is 2000. The Kier molecular flexibility index (Phi) is 5.48. The molecule has 0 fully saturated rings. The molecule has 0 saturated carbocycles. The lowest BCUT2D eigenvalue weighted by atomic mass is 10.0. The van der Waals surface area contributed by atoms with Gasteiger partial charge in [-0.25, -0.2) is 15.0 Å². The quantitative estimate of drug-likeness (QED) is 0.240. The van der Waals surface area contributed by atoms with Gasteiger partial charge in [-0.15, -0.1) is 0 Å². The Morgan fingerprint density at radius 3 is 2.25 bits per heavy atom. The number of methoxy groups -OCH3 is 1. The minimum Gasteiger partial charge on any atom is -0.496 e. The van der Waals surface area contributed by atoms with Crippen LogP contribution in [0.5, 0.6) is 5.75 Å². The lowest BCUT2D eigenvalue weighted by molar-refractivity contribution is 0.393. The van der Waals surface area contributed by atoms with Crippen molar-refractivity contribution in [3.8, 4) is 39.6 Å². The van der Waals surface area contributed by atoms with Gasteiger partial charge < -0.3 is 13.8 Å². The minimum atomic E-state index is 0.662. The van der Waals surface area contributed by atoms with Crippen molar-refractivity contribution in [3.63, 3.8) is 0 Å². The van der Waals surface area contributed by atoms with E-state index in [1.165, 1.54) is 0 Å². The highest BCUT2D eigenvalue weighted by molar-refractivity contribution is 6.15. The van der Waals surface area contributed by atoms with E-state index in [0.717, 1.165) is 73.0 Å². The number of aromatic nitrogens is 6. The van der Waals surface area contributed by atoms with Crippen molar-refractivity contribution in [2.75, 3.05) is 7.11 Å². The maximum absolute atomic E-state index is 5.94. The number of imidazole rings is 1. The van der Waals surface area contributed by atoms with Gasteiger partial charge in [0.05, 0.1) is 35.6 Å². The second kappa shape index (κ2) is 9.20. The molecule has 7 rings (SSSR count). The van der Waals surface area contributed by atoms with Crippen LogP contribution in [-0.4, -0.2) is 36.4 Å². The van der Waals surface area contributed by atoms with Crippen molar-refractivity contribution in [2.45, 2.75) is 20.8 Å². The maximum Gasteiger partial charge on any atom is 0.150 e. The lowest BCUT2D eigenvalue weighted by Gasteiger charge is -2.11. The largest absolute Gasteiger partial charge is 0.496 e. The number of nitrogens with zero attached hydrogens (tertiary/aromatic N) is 6. The fourth-order valence-corrected chi connectivity index (χ4v) is 5.48. The Hall–Kier alpha value is -5.24. The molecular formula is C32H26N6O2. The lowest BCUT2D eigenvalue weighted by Crippen LogP contribution is -1.99. The van der Waals surface area contributed by atoms with Gasteiger partial charge in [0.2, 0.25) is 0 Å². The first-order valence-electron chi connectivity index (χ1n) is 13.0. The number of hydrogen-bond acceptors (Lipinski definition) is 6. The highest BCUT2D eigenvalue weighted by Crippen LogP contribution is 2.43. The zero-order valence-corrected chi connectivity index (χ0v) is 22.6. The molecule has 0 N–H and O–H groups in total. The zero-order valence-electron chi connectivity index (χ0n) is 22.6. The van der Waals surface area contributed by atoms with Crippen LogP contribution in [0.1, 0.15) is 17.3 Å². The average molecular weight is 527 g/mol. The molecule has 0 atom stereocenters. The third-order valence-electron chi connectivity index (χ3n) is 7.24. The molecule has 3 aromatic carbocycles. The van der Waals surface area contributed by atoms with Crippen LogP contribution in [0.4, 0.5) is 0 Å². The van der Waals surface area contributed by atoms with Crippen LogP contribution < -0.4 is 4.74 Å².